The molecule has 0 saturated carbocycles. The number of nitrogens with zero attached hydrogens (tertiary/aromatic N) is 4. The van der Waals surface area contributed by atoms with Crippen LogP contribution in [0.5, 0.6) is 5.75 Å². The number of ether oxygens (including phenoxy) is 1. The molecule has 0 bridgehead atoms. The molecule has 0 aliphatic carbocycles. The number of fused-ring (bicyclic) bond motifs is 2. The Balaban J connectivity index is 1.24. The van der Waals surface area contributed by atoms with Gasteiger partial charge in [0.1, 0.15) is 18.2 Å². The van der Waals surface area contributed by atoms with Gasteiger partial charge in [0.2, 0.25) is 0 Å². The van der Waals surface area contributed by atoms with E-state index in [2.05, 4.69) is 81.6 Å². The minimum absolute atomic E-state index is 0.527. The molecule has 0 unspecified atom stereocenters. The van der Waals surface area contributed by atoms with Gasteiger partial charge in [-0.25, -0.2) is 4.98 Å². The summed E-state index contributed by atoms with van der Waals surface area (Å²) in [5, 5.41) is 18.7. The normalized spacial score (nSPS) is 14.4. The SMILES string of the molecule is CC(C)Cc1nc(-c2ccc3[nH]nc(-c4ccc5cc(OCCN6CCCC6)ccc5c4)c3c2)n[nH]1. The molecule has 184 valence electrons. The van der Waals surface area contributed by atoms with Gasteiger partial charge in [0.25, 0.3) is 0 Å². The van der Waals surface area contributed by atoms with Crippen molar-refractivity contribution in [3.05, 3.63) is 60.4 Å². The Bertz CT molecular complexity index is 1490. The number of H-pyrrole nitrogens is 2. The second kappa shape index (κ2) is 9.74. The van der Waals surface area contributed by atoms with Crippen LogP contribution in [0.2, 0.25) is 0 Å². The van der Waals surface area contributed by atoms with Crippen LogP contribution in [0.15, 0.2) is 54.6 Å². The molecule has 0 spiro atoms. The summed E-state index contributed by atoms with van der Waals surface area (Å²) in [6.07, 6.45) is 3.50. The van der Waals surface area contributed by atoms with Gasteiger partial charge < -0.3 is 4.74 Å². The Kier molecular flexibility index (Phi) is 6.15. The average Bonchev–Trinajstić information content (AvgIpc) is 3.64. The zero-order valence-corrected chi connectivity index (χ0v) is 20.9. The van der Waals surface area contributed by atoms with Gasteiger partial charge in [0.05, 0.1) is 11.2 Å². The summed E-state index contributed by atoms with van der Waals surface area (Å²) in [6, 6.07) is 19.0. The third-order valence-electron chi connectivity index (χ3n) is 6.91. The molecule has 1 aliphatic rings. The number of aromatic nitrogens is 5. The van der Waals surface area contributed by atoms with Gasteiger partial charge in [0.15, 0.2) is 5.82 Å². The van der Waals surface area contributed by atoms with Crippen molar-refractivity contribution in [2.45, 2.75) is 33.1 Å². The molecule has 2 N–H and O–H groups in total. The van der Waals surface area contributed by atoms with Crippen molar-refractivity contribution in [2.24, 2.45) is 5.92 Å². The van der Waals surface area contributed by atoms with Crippen LogP contribution in [0.3, 0.4) is 0 Å². The fourth-order valence-electron chi connectivity index (χ4n) is 5.04. The lowest BCUT2D eigenvalue weighted by atomic mass is 10.0. The van der Waals surface area contributed by atoms with Crippen LogP contribution < -0.4 is 4.74 Å². The summed E-state index contributed by atoms with van der Waals surface area (Å²) < 4.78 is 6.04. The van der Waals surface area contributed by atoms with E-state index in [1.165, 1.54) is 31.3 Å². The number of rotatable bonds is 8. The molecule has 7 nitrogen and oxygen atoms in total. The third kappa shape index (κ3) is 4.71. The Morgan fingerprint density at radius 2 is 1.69 bits per heavy atom. The number of benzene rings is 3. The highest BCUT2D eigenvalue weighted by molar-refractivity contribution is 5.97. The molecule has 0 atom stereocenters. The molecule has 0 amide bonds. The molecule has 7 heteroatoms. The van der Waals surface area contributed by atoms with Crippen molar-refractivity contribution in [3.8, 4) is 28.4 Å². The van der Waals surface area contributed by atoms with E-state index in [0.717, 1.165) is 70.1 Å². The van der Waals surface area contributed by atoms with E-state index in [-0.39, 0.29) is 0 Å². The molecule has 1 fully saturated rings. The van der Waals surface area contributed by atoms with Crippen molar-refractivity contribution in [1.29, 1.82) is 0 Å². The van der Waals surface area contributed by atoms with E-state index >= 15 is 0 Å². The summed E-state index contributed by atoms with van der Waals surface area (Å²) in [5.41, 5.74) is 3.98. The zero-order valence-electron chi connectivity index (χ0n) is 20.9. The largest absolute Gasteiger partial charge is 0.492 e. The lowest BCUT2D eigenvalue weighted by molar-refractivity contribution is 0.238. The lowest BCUT2D eigenvalue weighted by Gasteiger charge is -2.15. The molecular weight excluding hydrogens is 448 g/mol. The fraction of sp³-hybridized carbons (Fsp3) is 0.345. The van der Waals surface area contributed by atoms with Gasteiger partial charge in [0, 0.05) is 29.5 Å². The van der Waals surface area contributed by atoms with Gasteiger partial charge in [-0.05, 0) is 79.0 Å². The van der Waals surface area contributed by atoms with Crippen LogP contribution in [0.25, 0.3) is 44.3 Å². The van der Waals surface area contributed by atoms with Crippen LogP contribution in [-0.2, 0) is 6.42 Å². The predicted octanol–water partition coefficient (Wildman–Crippen LogP) is 5.84. The van der Waals surface area contributed by atoms with E-state index in [4.69, 9.17) is 9.72 Å². The van der Waals surface area contributed by atoms with Crippen molar-refractivity contribution in [2.75, 3.05) is 26.2 Å². The smallest absolute Gasteiger partial charge is 0.181 e. The van der Waals surface area contributed by atoms with Crippen molar-refractivity contribution < 1.29 is 4.74 Å². The number of hydrogen-bond acceptors (Lipinski definition) is 5. The predicted molar refractivity (Wildman–Crippen MR) is 144 cm³/mol. The highest BCUT2D eigenvalue weighted by atomic mass is 16.5. The second-order valence-electron chi connectivity index (χ2n) is 10.2. The van der Waals surface area contributed by atoms with Gasteiger partial charge in [-0.3, -0.25) is 15.1 Å². The standard InChI is InChI=1S/C29H32N6O/c1-19(2)15-27-30-29(34-32-27)23-8-10-26-25(18-23)28(33-31-26)22-6-5-21-17-24(9-7-20(21)16-22)36-14-13-35-11-3-4-12-35/h5-10,16-19H,3-4,11-15H2,1-2H3,(H,31,33)(H,30,32,34). The first-order valence-corrected chi connectivity index (χ1v) is 12.9. The van der Waals surface area contributed by atoms with Crippen molar-refractivity contribution in [3.63, 3.8) is 0 Å². The van der Waals surface area contributed by atoms with E-state index in [1.807, 2.05) is 12.1 Å². The molecule has 5 aromatic rings. The number of aromatic amines is 2. The van der Waals surface area contributed by atoms with Crippen molar-refractivity contribution in [1.82, 2.24) is 30.3 Å². The quantitative estimate of drug-likeness (QED) is 0.291. The second-order valence-corrected chi connectivity index (χ2v) is 10.2. The molecule has 3 aromatic carbocycles. The average molecular weight is 481 g/mol. The highest BCUT2D eigenvalue weighted by Crippen LogP contribution is 2.32. The molecule has 3 heterocycles. The van der Waals surface area contributed by atoms with E-state index in [0.29, 0.717) is 5.92 Å². The summed E-state index contributed by atoms with van der Waals surface area (Å²) in [6.45, 7) is 8.49. The van der Waals surface area contributed by atoms with Crippen molar-refractivity contribution >= 4 is 21.7 Å². The summed E-state index contributed by atoms with van der Waals surface area (Å²) in [5.74, 6) is 3.09. The molecule has 1 saturated heterocycles. The minimum Gasteiger partial charge on any atom is -0.492 e. The maximum Gasteiger partial charge on any atom is 0.181 e. The topological polar surface area (TPSA) is 82.7 Å². The minimum atomic E-state index is 0.527. The maximum atomic E-state index is 6.04. The molecular formula is C29H32N6O. The summed E-state index contributed by atoms with van der Waals surface area (Å²) in [4.78, 5) is 7.17. The van der Waals surface area contributed by atoms with Crippen LogP contribution in [0.1, 0.15) is 32.5 Å². The van der Waals surface area contributed by atoms with E-state index in [1.54, 1.807) is 0 Å². The number of nitrogens with one attached hydrogen (secondary N) is 2. The molecule has 36 heavy (non-hydrogen) atoms. The fourth-order valence-corrected chi connectivity index (χ4v) is 5.04. The van der Waals surface area contributed by atoms with Gasteiger partial charge in [-0.1, -0.05) is 32.0 Å². The van der Waals surface area contributed by atoms with Crippen LogP contribution in [0.4, 0.5) is 0 Å². The van der Waals surface area contributed by atoms with Crippen LogP contribution in [0, 0.1) is 5.92 Å². The first-order chi connectivity index (χ1) is 17.6. The highest BCUT2D eigenvalue weighted by Gasteiger charge is 2.14. The molecule has 2 aromatic heterocycles. The first-order valence-electron chi connectivity index (χ1n) is 12.9. The lowest BCUT2D eigenvalue weighted by Crippen LogP contribution is -2.25. The zero-order chi connectivity index (χ0) is 24.5. The Morgan fingerprint density at radius 3 is 2.56 bits per heavy atom. The Hall–Kier alpha value is -3.71. The van der Waals surface area contributed by atoms with Crippen LogP contribution >= 0.6 is 0 Å². The number of likely N-dealkylation sites (tertiary alicyclic amines) is 1. The van der Waals surface area contributed by atoms with Gasteiger partial charge >= 0.3 is 0 Å². The van der Waals surface area contributed by atoms with Gasteiger partial charge in [-0.15, -0.1) is 0 Å². The first kappa shape index (κ1) is 22.7. The Labute approximate surface area is 210 Å². The molecule has 6 rings (SSSR count). The monoisotopic (exact) mass is 480 g/mol. The maximum absolute atomic E-state index is 6.04. The van der Waals surface area contributed by atoms with E-state index < -0.39 is 0 Å². The molecule has 0 radical (unpaired) electrons. The molecule has 1 aliphatic heterocycles. The van der Waals surface area contributed by atoms with E-state index in [9.17, 15) is 0 Å². The summed E-state index contributed by atoms with van der Waals surface area (Å²) in [7, 11) is 0. The third-order valence-corrected chi connectivity index (χ3v) is 6.91. The summed E-state index contributed by atoms with van der Waals surface area (Å²) >= 11 is 0. The number of hydrogen-bond donors (Lipinski definition) is 2. The Morgan fingerprint density at radius 1 is 0.889 bits per heavy atom. The van der Waals surface area contributed by atoms with Gasteiger partial charge in [-0.2, -0.15) is 10.2 Å². The van der Waals surface area contributed by atoms with Crippen LogP contribution in [-0.4, -0.2) is 56.5 Å².